The van der Waals surface area contributed by atoms with Crippen LogP contribution in [0.4, 0.5) is 0 Å². The van der Waals surface area contributed by atoms with Crippen molar-refractivity contribution in [1.29, 1.82) is 0 Å². The van der Waals surface area contributed by atoms with Crippen LogP contribution in [0.3, 0.4) is 0 Å². The highest BCUT2D eigenvalue weighted by atomic mass is 16.5. The summed E-state index contributed by atoms with van der Waals surface area (Å²) in [5.74, 6) is 0.774. The van der Waals surface area contributed by atoms with Crippen LogP contribution in [0.2, 0.25) is 0 Å². The number of rotatable bonds is 3. The molecule has 0 atom stereocenters. The van der Waals surface area contributed by atoms with Gasteiger partial charge < -0.3 is 4.74 Å². The van der Waals surface area contributed by atoms with Crippen LogP contribution in [0, 0.1) is 6.07 Å². The van der Waals surface area contributed by atoms with E-state index in [0.717, 1.165) is 22.4 Å². The van der Waals surface area contributed by atoms with Gasteiger partial charge in [-0.3, -0.25) is 0 Å². The minimum absolute atomic E-state index is 0.774. The fourth-order valence-corrected chi connectivity index (χ4v) is 2.28. The van der Waals surface area contributed by atoms with Crippen molar-refractivity contribution >= 4 is 0 Å². The molecule has 0 unspecified atom stereocenters. The molecule has 0 bridgehead atoms. The van der Waals surface area contributed by atoms with Crippen LogP contribution in [0.15, 0.2) is 72.8 Å². The first-order valence-electron chi connectivity index (χ1n) is 6.59. The Labute approximate surface area is 119 Å². The van der Waals surface area contributed by atoms with Gasteiger partial charge in [-0.25, -0.2) is 0 Å². The summed E-state index contributed by atoms with van der Waals surface area (Å²) in [6, 6.07) is 27.9. The van der Waals surface area contributed by atoms with Gasteiger partial charge in [0, 0.05) is 11.6 Å². The maximum atomic E-state index is 5.44. The normalized spacial score (nSPS) is 10.2. The summed E-state index contributed by atoms with van der Waals surface area (Å²) in [4.78, 5) is 0. The molecule has 97 valence electrons. The lowest BCUT2D eigenvalue weighted by Gasteiger charge is -2.11. The molecule has 0 aromatic heterocycles. The maximum Gasteiger partial charge on any atom is 0.134 e. The average molecular weight is 259 g/mol. The second-order valence-electron chi connectivity index (χ2n) is 4.57. The van der Waals surface area contributed by atoms with Gasteiger partial charge in [-0.05, 0) is 28.8 Å². The van der Waals surface area contributed by atoms with Crippen LogP contribution in [0.25, 0.3) is 22.3 Å². The first-order chi connectivity index (χ1) is 9.88. The standard InChI is InChI=1S/C19H15O/c1-20-19-13-12-17(15-8-4-2-5-9-15)14-18(19)16-10-6-3-7-11-16/h2-12,14H,1H3. The quantitative estimate of drug-likeness (QED) is 0.654. The van der Waals surface area contributed by atoms with Crippen molar-refractivity contribution in [3.63, 3.8) is 0 Å². The monoisotopic (exact) mass is 259 g/mol. The Kier molecular flexibility index (Phi) is 3.51. The van der Waals surface area contributed by atoms with Gasteiger partial charge >= 0.3 is 0 Å². The van der Waals surface area contributed by atoms with E-state index in [1.807, 2.05) is 42.5 Å². The Bertz CT molecular complexity index is 687. The lowest BCUT2D eigenvalue weighted by Crippen LogP contribution is -1.89. The van der Waals surface area contributed by atoms with E-state index in [2.05, 4.69) is 36.4 Å². The zero-order valence-electron chi connectivity index (χ0n) is 11.3. The van der Waals surface area contributed by atoms with E-state index in [0.29, 0.717) is 0 Å². The second-order valence-corrected chi connectivity index (χ2v) is 4.57. The van der Waals surface area contributed by atoms with Gasteiger partial charge in [-0.1, -0.05) is 60.7 Å². The third-order valence-electron chi connectivity index (χ3n) is 3.30. The summed E-state index contributed by atoms with van der Waals surface area (Å²) in [7, 11) is 1.68. The third-order valence-corrected chi connectivity index (χ3v) is 3.30. The maximum absolute atomic E-state index is 5.44. The molecule has 1 radical (unpaired) electrons. The minimum Gasteiger partial charge on any atom is -0.495 e. The summed E-state index contributed by atoms with van der Waals surface area (Å²) in [5, 5.41) is 0. The molecule has 0 aliphatic rings. The molecular formula is C19H15O. The molecular weight excluding hydrogens is 244 g/mol. The molecule has 0 saturated heterocycles. The van der Waals surface area contributed by atoms with E-state index in [1.54, 1.807) is 7.11 Å². The lowest BCUT2D eigenvalue weighted by molar-refractivity contribution is 0.415. The highest BCUT2D eigenvalue weighted by molar-refractivity contribution is 5.77. The first-order valence-corrected chi connectivity index (χ1v) is 6.59. The van der Waals surface area contributed by atoms with Crippen molar-refractivity contribution in [2.75, 3.05) is 7.11 Å². The van der Waals surface area contributed by atoms with Gasteiger partial charge in [0.2, 0.25) is 0 Å². The average Bonchev–Trinajstić information content (AvgIpc) is 2.56. The smallest absolute Gasteiger partial charge is 0.134 e. The Morgan fingerprint density at radius 1 is 0.750 bits per heavy atom. The molecule has 1 nitrogen and oxygen atoms in total. The molecule has 0 aliphatic heterocycles. The predicted octanol–water partition coefficient (Wildman–Crippen LogP) is 4.83. The summed E-state index contributed by atoms with van der Waals surface area (Å²) >= 11 is 0. The zero-order valence-corrected chi connectivity index (χ0v) is 11.3. The van der Waals surface area contributed by atoms with Crippen LogP contribution < -0.4 is 4.74 Å². The highest BCUT2D eigenvalue weighted by Crippen LogP contribution is 2.33. The third kappa shape index (κ3) is 2.43. The molecule has 20 heavy (non-hydrogen) atoms. The molecule has 3 aromatic carbocycles. The molecule has 3 aromatic rings. The second kappa shape index (κ2) is 5.62. The molecule has 3 rings (SSSR count). The summed E-state index contributed by atoms with van der Waals surface area (Å²) < 4.78 is 5.44. The Morgan fingerprint density at radius 2 is 1.35 bits per heavy atom. The largest absolute Gasteiger partial charge is 0.495 e. The molecule has 0 spiro atoms. The summed E-state index contributed by atoms with van der Waals surface area (Å²) in [6.07, 6.45) is 0. The minimum atomic E-state index is 0.774. The highest BCUT2D eigenvalue weighted by Gasteiger charge is 2.08. The molecule has 1 heteroatoms. The van der Waals surface area contributed by atoms with E-state index >= 15 is 0 Å². The van der Waals surface area contributed by atoms with Crippen molar-refractivity contribution in [3.8, 4) is 28.0 Å². The van der Waals surface area contributed by atoms with E-state index < -0.39 is 0 Å². The van der Waals surface area contributed by atoms with Crippen molar-refractivity contribution in [2.24, 2.45) is 0 Å². The number of hydrogen-bond acceptors (Lipinski definition) is 1. The fourth-order valence-electron chi connectivity index (χ4n) is 2.28. The Morgan fingerprint density at radius 3 is 1.95 bits per heavy atom. The summed E-state index contributed by atoms with van der Waals surface area (Å²) in [6.45, 7) is 0. The van der Waals surface area contributed by atoms with E-state index in [1.165, 1.54) is 5.56 Å². The molecule has 0 N–H and O–H groups in total. The number of hydrogen-bond donors (Lipinski definition) is 0. The van der Waals surface area contributed by atoms with E-state index in [4.69, 9.17) is 4.74 Å². The molecule has 0 heterocycles. The molecule has 0 saturated carbocycles. The van der Waals surface area contributed by atoms with Crippen LogP contribution in [0.1, 0.15) is 0 Å². The van der Waals surface area contributed by atoms with Gasteiger partial charge in [0.1, 0.15) is 5.75 Å². The topological polar surface area (TPSA) is 9.23 Å². The van der Waals surface area contributed by atoms with Crippen LogP contribution in [0.5, 0.6) is 5.75 Å². The number of benzene rings is 3. The number of ether oxygens (including phenoxy) is 1. The summed E-state index contributed by atoms with van der Waals surface area (Å²) in [5.41, 5.74) is 4.53. The SMILES string of the molecule is COc1[c]cc(-c2ccccc2)cc1-c1ccccc1. The zero-order chi connectivity index (χ0) is 13.8. The van der Waals surface area contributed by atoms with E-state index in [-0.39, 0.29) is 0 Å². The Balaban J connectivity index is 2.13. The van der Waals surface area contributed by atoms with Gasteiger partial charge in [-0.15, -0.1) is 0 Å². The molecule has 0 amide bonds. The molecule has 0 fully saturated rings. The van der Waals surface area contributed by atoms with Crippen molar-refractivity contribution in [2.45, 2.75) is 0 Å². The fraction of sp³-hybridized carbons (Fsp3) is 0.0526. The van der Waals surface area contributed by atoms with Gasteiger partial charge in [0.25, 0.3) is 0 Å². The lowest BCUT2D eigenvalue weighted by atomic mass is 9.98. The van der Waals surface area contributed by atoms with Crippen molar-refractivity contribution < 1.29 is 4.74 Å². The predicted molar refractivity (Wildman–Crippen MR) is 82.7 cm³/mol. The Hall–Kier alpha value is -2.54. The van der Waals surface area contributed by atoms with Gasteiger partial charge in [0.15, 0.2) is 0 Å². The molecule has 0 aliphatic carbocycles. The van der Waals surface area contributed by atoms with Gasteiger partial charge in [-0.2, -0.15) is 0 Å². The van der Waals surface area contributed by atoms with Gasteiger partial charge in [0.05, 0.1) is 7.11 Å². The van der Waals surface area contributed by atoms with Crippen LogP contribution in [-0.4, -0.2) is 7.11 Å². The van der Waals surface area contributed by atoms with Crippen molar-refractivity contribution in [3.05, 3.63) is 78.9 Å². The van der Waals surface area contributed by atoms with Crippen molar-refractivity contribution in [1.82, 2.24) is 0 Å². The number of methoxy groups -OCH3 is 1. The first kappa shape index (κ1) is 12.5. The van der Waals surface area contributed by atoms with Crippen LogP contribution in [-0.2, 0) is 0 Å². The van der Waals surface area contributed by atoms with E-state index in [9.17, 15) is 0 Å². The van der Waals surface area contributed by atoms with Crippen LogP contribution >= 0.6 is 0 Å².